The summed E-state index contributed by atoms with van der Waals surface area (Å²) in [4.78, 5) is 10.6. The molecular weight excluding hydrogens is 277 g/mol. The van der Waals surface area contributed by atoms with Gasteiger partial charge in [-0.3, -0.25) is 4.79 Å². The summed E-state index contributed by atoms with van der Waals surface area (Å²) in [6.45, 7) is 1.99. The molecule has 0 fully saturated rings. The van der Waals surface area contributed by atoms with Crippen molar-refractivity contribution in [1.82, 2.24) is 5.32 Å². The predicted octanol–water partition coefficient (Wildman–Crippen LogP) is 3.25. The van der Waals surface area contributed by atoms with E-state index in [4.69, 9.17) is 11.6 Å². The number of rotatable bonds is 3. The van der Waals surface area contributed by atoms with E-state index in [1.54, 1.807) is 0 Å². The maximum absolute atomic E-state index is 10.6. The van der Waals surface area contributed by atoms with Crippen LogP contribution in [0.25, 0.3) is 6.08 Å². The molecule has 0 heterocycles. The average Bonchev–Trinajstić information content (AvgIpc) is 2.15. The SMILES string of the molecule is CC(=O)NCC=Cc1c(Cl)cccc1Br. The Bertz CT molecular complexity index is 370. The van der Waals surface area contributed by atoms with Gasteiger partial charge >= 0.3 is 0 Å². The molecular formula is C11H11BrClNO. The van der Waals surface area contributed by atoms with E-state index in [1.165, 1.54) is 6.92 Å². The van der Waals surface area contributed by atoms with E-state index in [0.29, 0.717) is 11.6 Å². The molecule has 1 N–H and O–H groups in total. The van der Waals surface area contributed by atoms with Gasteiger partial charge in [0.05, 0.1) is 0 Å². The van der Waals surface area contributed by atoms with Gasteiger partial charge in [-0.15, -0.1) is 0 Å². The second-order valence-corrected chi connectivity index (χ2v) is 4.24. The van der Waals surface area contributed by atoms with Gasteiger partial charge in [0.2, 0.25) is 5.91 Å². The molecule has 0 aromatic heterocycles. The molecule has 0 saturated carbocycles. The van der Waals surface area contributed by atoms with E-state index in [-0.39, 0.29) is 5.91 Å². The van der Waals surface area contributed by atoms with Crippen molar-refractivity contribution in [3.8, 4) is 0 Å². The first kappa shape index (κ1) is 12.3. The van der Waals surface area contributed by atoms with E-state index in [1.807, 2.05) is 30.4 Å². The van der Waals surface area contributed by atoms with Crippen LogP contribution >= 0.6 is 27.5 Å². The summed E-state index contributed by atoms with van der Waals surface area (Å²) in [7, 11) is 0. The highest BCUT2D eigenvalue weighted by Crippen LogP contribution is 2.25. The fourth-order valence-corrected chi connectivity index (χ4v) is 1.90. The molecule has 1 aromatic carbocycles. The lowest BCUT2D eigenvalue weighted by Gasteiger charge is -2.01. The van der Waals surface area contributed by atoms with Crippen LogP contribution < -0.4 is 5.32 Å². The Morgan fingerprint density at radius 3 is 2.93 bits per heavy atom. The highest BCUT2D eigenvalue weighted by atomic mass is 79.9. The van der Waals surface area contributed by atoms with Gasteiger partial charge in [-0.2, -0.15) is 0 Å². The highest BCUT2D eigenvalue weighted by Gasteiger charge is 1.99. The number of carbonyl (C=O) groups excluding carboxylic acids is 1. The molecule has 0 radical (unpaired) electrons. The minimum absolute atomic E-state index is 0.0436. The summed E-state index contributed by atoms with van der Waals surface area (Å²) >= 11 is 9.41. The minimum Gasteiger partial charge on any atom is -0.353 e. The molecule has 80 valence electrons. The fraction of sp³-hybridized carbons (Fsp3) is 0.182. The van der Waals surface area contributed by atoms with Crippen molar-refractivity contribution < 1.29 is 4.79 Å². The van der Waals surface area contributed by atoms with Crippen molar-refractivity contribution in [2.45, 2.75) is 6.92 Å². The van der Waals surface area contributed by atoms with Crippen LogP contribution in [0.5, 0.6) is 0 Å². The molecule has 1 amide bonds. The van der Waals surface area contributed by atoms with Gasteiger partial charge in [-0.05, 0) is 12.1 Å². The number of nitrogens with one attached hydrogen (secondary N) is 1. The monoisotopic (exact) mass is 287 g/mol. The molecule has 0 aliphatic heterocycles. The predicted molar refractivity (Wildman–Crippen MR) is 66.9 cm³/mol. The first-order valence-corrected chi connectivity index (χ1v) is 5.63. The molecule has 1 aromatic rings. The lowest BCUT2D eigenvalue weighted by Crippen LogP contribution is -2.19. The smallest absolute Gasteiger partial charge is 0.217 e. The quantitative estimate of drug-likeness (QED) is 0.909. The van der Waals surface area contributed by atoms with Gasteiger partial charge in [-0.1, -0.05) is 45.7 Å². The molecule has 0 unspecified atom stereocenters. The Labute approximate surface area is 102 Å². The maximum Gasteiger partial charge on any atom is 0.217 e. The first-order valence-electron chi connectivity index (χ1n) is 4.46. The standard InChI is InChI=1S/C11H11BrClNO/c1-8(15)14-7-3-4-9-10(12)5-2-6-11(9)13/h2-6H,7H2,1H3,(H,14,15). The Balaban J connectivity index is 2.67. The number of hydrogen-bond donors (Lipinski definition) is 1. The van der Waals surface area contributed by atoms with Crippen LogP contribution in [0.15, 0.2) is 28.7 Å². The van der Waals surface area contributed by atoms with E-state index in [2.05, 4.69) is 21.2 Å². The average molecular weight is 289 g/mol. The number of hydrogen-bond acceptors (Lipinski definition) is 1. The molecule has 15 heavy (non-hydrogen) atoms. The molecule has 0 aliphatic rings. The number of amides is 1. The van der Waals surface area contributed by atoms with Crippen LogP contribution in [0.2, 0.25) is 5.02 Å². The van der Waals surface area contributed by atoms with Gasteiger partial charge in [0.25, 0.3) is 0 Å². The van der Waals surface area contributed by atoms with Crippen molar-refractivity contribution in [2.75, 3.05) is 6.54 Å². The molecule has 0 atom stereocenters. The van der Waals surface area contributed by atoms with Gasteiger partial charge < -0.3 is 5.32 Å². The lowest BCUT2D eigenvalue weighted by atomic mass is 10.2. The van der Waals surface area contributed by atoms with Gasteiger partial charge in [0.15, 0.2) is 0 Å². The number of carbonyl (C=O) groups is 1. The Kier molecular flexibility index (Phi) is 4.85. The summed E-state index contributed by atoms with van der Waals surface area (Å²) in [5, 5.41) is 3.35. The van der Waals surface area contributed by atoms with Crippen LogP contribution in [-0.4, -0.2) is 12.5 Å². The van der Waals surface area contributed by atoms with Gasteiger partial charge in [-0.25, -0.2) is 0 Å². The Morgan fingerprint density at radius 1 is 1.60 bits per heavy atom. The van der Waals surface area contributed by atoms with E-state index in [0.717, 1.165) is 10.0 Å². The summed E-state index contributed by atoms with van der Waals surface area (Å²) in [5.74, 6) is -0.0436. The topological polar surface area (TPSA) is 29.1 Å². The summed E-state index contributed by atoms with van der Waals surface area (Å²) in [6, 6.07) is 5.62. The number of halogens is 2. The van der Waals surface area contributed by atoms with E-state index in [9.17, 15) is 4.79 Å². The van der Waals surface area contributed by atoms with Crippen LogP contribution in [0.4, 0.5) is 0 Å². The van der Waals surface area contributed by atoms with E-state index >= 15 is 0 Å². The van der Waals surface area contributed by atoms with Crippen molar-refractivity contribution in [3.63, 3.8) is 0 Å². The third-order valence-electron chi connectivity index (χ3n) is 1.75. The highest BCUT2D eigenvalue weighted by molar-refractivity contribution is 9.10. The molecule has 0 saturated heterocycles. The van der Waals surface area contributed by atoms with Gasteiger partial charge in [0.1, 0.15) is 0 Å². The Hall–Kier alpha value is -0.800. The van der Waals surface area contributed by atoms with Crippen LogP contribution in [-0.2, 0) is 4.79 Å². The number of benzene rings is 1. The zero-order valence-corrected chi connectivity index (χ0v) is 10.6. The minimum atomic E-state index is -0.0436. The van der Waals surface area contributed by atoms with Crippen LogP contribution in [0.3, 0.4) is 0 Å². The zero-order valence-electron chi connectivity index (χ0n) is 8.26. The molecule has 0 bridgehead atoms. The van der Waals surface area contributed by atoms with Crippen molar-refractivity contribution in [2.24, 2.45) is 0 Å². The summed E-state index contributed by atoms with van der Waals surface area (Å²) in [6.07, 6.45) is 3.73. The molecule has 0 spiro atoms. The van der Waals surface area contributed by atoms with Crippen molar-refractivity contribution >= 4 is 39.5 Å². The maximum atomic E-state index is 10.6. The first-order chi connectivity index (χ1) is 7.11. The fourth-order valence-electron chi connectivity index (χ4n) is 1.05. The third-order valence-corrected chi connectivity index (χ3v) is 2.77. The largest absolute Gasteiger partial charge is 0.353 e. The van der Waals surface area contributed by atoms with Crippen LogP contribution in [0.1, 0.15) is 12.5 Å². The lowest BCUT2D eigenvalue weighted by molar-refractivity contribution is -0.118. The van der Waals surface area contributed by atoms with Crippen LogP contribution in [0, 0.1) is 0 Å². The molecule has 4 heteroatoms. The van der Waals surface area contributed by atoms with Crippen molar-refractivity contribution in [1.29, 1.82) is 0 Å². The third kappa shape index (κ3) is 4.06. The zero-order chi connectivity index (χ0) is 11.3. The summed E-state index contributed by atoms with van der Waals surface area (Å²) in [5.41, 5.74) is 0.921. The molecule has 1 rings (SSSR count). The van der Waals surface area contributed by atoms with E-state index < -0.39 is 0 Å². The molecule has 2 nitrogen and oxygen atoms in total. The second kappa shape index (κ2) is 5.93. The normalized spacial score (nSPS) is 10.6. The van der Waals surface area contributed by atoms with Gasteiger partial charge in [0, 0.05) is 28.5 Å². The molecule has 0 aliphatic carbocycles. The second-order valence-electron chi connectivity index (χ2n) is 2.97. The van der Waals surface area contributed by atoms with Crippen molar-refractivity contribution in [3.05, 3.63) is 39.3 Å². The Morgan fingerprint density at radius 2 is 2.33 bits per heavy atom. The summed E-state index contributed by atoms with van der Waals surface area (Å²) < 4.78 is 0.939.